The van der Waals surface area contributed by atoms with Crippen LogP contribution in [-0.2, 0) is 10.3 Å². The van der Waals surface area contributed by atoms with Crippen LogP contribution in [0.15, 0.2) is 17.1 Å². The van der Waals surface area contributed by atoms with Gasteiger partial charge in [-0.05, 0) is 26.0 Å². The van der Waals surface area contributed by atoms with Crippen molar-refractivity contribution in [3.05, 3.63) is 29.3 Å². The molecule has 8 heteroatoms. The monoisotopic (exact) mass is 342 g/mol. The molecule has 3 atom stereocenters. The Balaban J connectivity index is 2.69. The lowest BCUT2D eigenvalue weighted by molar-refractivity contribution is -0.124. The van der Waals surface area contributed by atoms with Gasteiger partial charge in [-0.15, -0.1) is 0 Å². The lowest BCUT2D eigenvalue weighted by Crippen LogP contribution is -2.55. The number of hydrogen-bond acceptors (Lipinski definition) is 5. The Kier molecular flexibility index (Phi) is 4.32. The summed E-state index contributed by atoms with van der Waals surface area (Å²) in [5, 5.41) is 2.73. The first-order chi connectivity index (χ1) is 10.6. The normalized spacial score (nSPS) is 30.7. The molecule has 1 aliphatic rings. The highest BCUT2D eigenvalue weighted by Crippen LogP contribution is 2.50. The summed E-state index contributed by atoms with van der Waals surface area (Å²) in [5.74, 6) is -2.81. The predicted octanol–water partition coefficient (Wildman–Crippen LogP) is 1.96. The molecule has 0 aromatic heterocycles. The van der Waals surface area contributed by atoms with Crippen molar-refractivity contribution >= 4 is 28.5 Å². The van der Waals surface area contributed by atoms with Gasteiger partial charge in [0.1, 0.15) is 4.75 Å². The van der Waals surface area contributed by atoms with Gasteiger partial charge in [0.25, 0.3) is 0 Å². The summed E-state index contributed by atoms with van der Waals surface area (Å²) in [6, 6.07) is 2.25. The van der Waals surface area contributed by atoms with E-state index in [1.807, 2.05) is 0 Å². The summed E-state index contributed by atoms with van der Waals surface area (Å²) >= 11 is 1.11. The molecular formula is C15H20F2N4OS. The first-order valence-electron chi connectivity index (χ1n) is 7.07. The largest absolute Gasteiger partial charge is 0.399 e. The SMILES string of the molecule is CNC(=O)[C@@]1(C)SC(N)=N[C@](C)(c2cc(N)cc(F)c2F)[C@@H]1C. The minimum atomic E-state index is -1.23. The van der Waals surface area contributed by atoms with Gasteiger partial charge in [-0.3, -0.25) is 9.79 Å². The first kappa shape index (κ1) is 17.5. The van der Waals surface area contributed by atoms with Crippen LogP contribution in [0.4, 0.5) is 14.5 Å². The first-order valence-corrected chi connectivity index (χ1v) is 7.89. The smallest absolute Gasteiger partial charge is 0.236 e. The molecule has 0 fully saturated rings. The molecule has 0 radical (unpaired) electrons. The second-order valence-corrected chi connectivity index (χ2v) is 7.44. The molecule has 0 saturated heterocycles. The summed E-state index contributed by atoms with van der Waals surface area (Å²) in [5.41, 5.74) is 10.4. The molecule has 1 amide bonds. The number of nitrogens with zero attached hydrogens (tertiary/aromatic N) is 1. The van der Waals surface area contributed by atoms with Gasteiger partial charge in [0.15, 0.2) is 16.8 Å². The number of nitrogens with one attached hydrogen (secondary N) is 1. The summed E-state index contributed by atoms with van der Waals surface area (Å²) in [7, 11) is 1.51. The summed E-state index contributed by atoms with van der Waals surface area (Å²) in [4.78, 5) is 16.7. The molecule has 0 unspecified atom stereocenters. The molecule has 1 aromatic carbocycles. The number of hydrogen-bond donors (Lipinski definition) is 3. The van der Waals surface area contributed by atoms with E-state index in [0.29, 0.717) is 0 Å². The van der Waals surface area contributed by atoms with Gasteiger partial charge < -0.3 is 16.8 Å². The van der Waals surface area contributed by atoms with Crippen LogP contribution in [0, 0.1) is 17.6 Å². The second kappa shape index (κ2) is 5.67. The Labute approximate surface area is 137 Å². The van der Waals surface area contributed by atoms with Crippen LogP contribution >= 0.6 is 11.8 Å². The number of amidine groups is 1. The Hall–Kier alpha value is -1.83. The maximum atomic E-state index is 14.4. The number of carbonyl (C=O) groups excluding carboxylic acids is 1. The molecule has 1 aromatic rings. The highest BCUT2D eigenvalue weighted by atomic mass is 32.2. The molecule has 126 valence electrons. The van der Waals surface area contributed by atoms with Gasteiger partial charge >= 0.3 is 0 Å². The van der Waals surface area contributed by atoms with Crippen molar-refractivity contribution in [1.82, 2.24) is 5.32 Å². The van der Waals surface area contributed by atoms with E-state index in [1.165, 1.54) is 13.1 Å². The third-order valence-electron chi connectivity index (χ3n) is 4.60. The number of halogens is 2. The van der Waals surface area contributed by atoms with Gasteiger partial charge in [-0.25, -0.2) is 8.78 Å². The van der Waals surface area contributed by atoms with Crippen LogP contribution in [-0.4, -0.2) is 22.9 Å². The van der Waals surface area contributed by atoms with Crippen molar-refractivity contribution in [2.45, 2.75) is 31.1 Å². The van der Waals surface area contributed by atoms with Crippen LogP contribution in [0.1, 0.15) is 26.3 Å². The average molecular weight is 342 g/mol. The molecular weight excluding hydrogens is 322 g/mol. The van der Waals surface area contributed by atoms with E-state index < -0.39 is 27.8 Å². The zero-order valence-electron chi connectivity index (χ0n) is 13.4. The van der Waals surface area contributed by atoms with E-state index >= 15 is 0 Å². The van der Waals surface area contributed by atoms with Crippen LogP contribution in [0.5, 0.6) is 0 Å². The quantitative estimate of drug-likeness (QED) is 0.716. The number of nitrogen functional groups attached to an aromatic ring is 1. The van der Waals surface area contributed by atoms with Crippen LogP contribution in [0.25, 0.3) is 0 Å². The average Bonchev–Trinajstić information content (AvgIpc) is 2.47. The zero-order valence-corrected chi connectivity index (χ0v) is 14.2. The van der Waals surface area contributed by atoms with E-state index in [1.54, 1.807) is 20.8 Å². The lowest BCUT2D eigenvalue weighted by Gasteiger charge is -2.46. The molecule has 2 rings (SSSR count). The number of amides is 1. The summed E-state index contributed by atoms with van der Waals surface area (Å²) in [6.07, 6.45) is 0. The number of aliphatic imine (C=N–C) groups is 1. The predicted molar refractivity (Wildman–Crippen MR) is 89.0 cm³/mol. The maximum absolute atomic E-state index is 14.4. The number of anilines is 1. The lowest BCUT2D eigenvalue weighted by atomic mass is 9.73. The Morgan fingerprint density at radius 2 is 1.96 bits per heavy atom. The number of carbonyl (C=O) groups is 1. The van der Waals surface area contributed by atoms with Gasteiger partial charge in [0.2, 0.25) is 5.91 Å². The van der Waals surface area contributed by atoms with Crippen molar-refractivity contribution in [2.75, 3.05) is 12.8 Å². The topological polar surface area (TPSA) is 93.5 Å². The van der Waals surface area contributed by atoms with Crippen molar-refractivity contribution in [3.8, 4) is 0 Å². The third-order valence-corrected chi connectivity index (χ3v) is 5.87. The highest BCUT2D eigenvalue weighted by molar-refractivity contribution is 8.15. The van der Waals surface area contributed by atoms with Crippen molar-refractivity contribution < 1.29 is 13.6 Å². The Morgan fingerprint density at radius 1 is 1.35 bits per heavy atom. The molecule has 0 bridgehead atoms. The molecule has 0 saturated carbocycles. The van der Waals surface area contributed by atoms with Gasteiger partial charge in [-0.2, -0.15) is 0 Å². The van der Waals surface area contributed by atoms with E-state index in [9.17, 15) is 13.6 Å². The van der Waals surface area contributed by atoms with Crippen LogP contribution in [0.2, 0.25) is 0 Å². The highest BCUT2D eigenvalue weighted by Gasteiger charge is 2.53. The van der Waals surface area contributed by atoms with Gasteiger partial charge in [0.05, 0.1) is 5.54 Å². The van der Waals surface area contributed by atoms with E-state index in [-0.39, 0.29) is 22.3 Å². The van der Waals surface area contributed by atoms with E-state index in [0.717, 1.165) is 17.8 Å². The fourth-order valence-corrected chi connectivity index (χ4v) is 4.22. The minimum absolute atomic E-state index is 0.0131. The molecule has 1 heterocycles. The van der Waals surface area contributed by atoms with E-state index in [4.69, 9.17) is 11.5 Å². The maximum Gasteiger partial charge on any atom is 0.236 e. The Bertz CT molecular complexity index is 696. The number of nitrogens with two attached hydrogens (primary N) is 2. The molecule has 5 nitrogen and oxygen atoms in total. The minimum Gasteiger partial charge on any atom is -0.399 e. The summed E-state index contributed by atoms with van der Waals surface area (Å²) in [6.45, 7) is 5.10. The van der Waals surface area contributed by atoms with Crippen molar-refractivity contribution in [2.24, 2.45) is 16.6 Å². The fourth-order valence-electron chi connectivity index (χ4n) is 2.95. The molecule has 5 N–H and O–H groups in total. The van der Waals surface area contributed by atoms with E-state index in [2.05, 4.69) is 10.3 Å². The number of thioether (sulfide) groups is 1. The van der Waals surface area contributed by atoms with Gasteiger partial charge in [0, 0.05) is 24.2 Å². The van der Waals surface area contributed by atoms with Crippen molar-refractivity contribution in [1.29, 1.82) is 0 Å². The molecule has 23 heavy (non-hydrogen) atoms. The fraction of sp³-hybridized carbons (Fsp3) is 0.467. The molecule has 0 aliphatic carbocycles. The zero-order chi connectivity index (χ0) is 17.6. The standard InChI is InChI=1S/C15H20F2N4OS/c1-7-14(2,9-5-8(18)6-10(16)11(9)17)21-13(19)23-15(7,3)12(22)20-4/h5-7H,18H2,1-4H3,(H2,19,21)(H,20,22)/t7-,14-,15-/m0/s1. The third kappa shape index (κ3) is 2.65. The Morgan fingerprint density at radius 3 is 2.52 bits per heavy atom. The summed E-state index contributed by atoms with van der Waals surface area (Å²) < 4.78 is 27.2. The van der Waals surface area contributed by atoms with Crippen LogP contribution in [0.3, 0.4) is 0 Å². The van der Waals surface area contributed by atoms with Crippen molar-refractivity contribution in [3.63, 3.8) is 0 Å². The van der Waals surface area contributed by atoms with Crippen LogP contribution < -0.4 is 16.8 Å². The second-order valence-electron chi connectivity index (χ2n) is 5.97. The van der Waals surface area contributed by atoms with Gasteiger partial charge in [-0.1, -0.05) is 18.7 Å². The molecule has 0 spiro atoms. The number of benzene rings is 1. The molecule has 1 aliphatic heterocycles. The number of rotatable bonds is 2.